The van der Waals surface area contributed by atoms with Gasteiger partial charge in [0.1, 0.15) is 5.82 Å². The van der Waals surface area contributed by atoms with Crippen LogP contribution in [0.25, 0.3) is 0 Å². The Morgan fingerprint density at radius 3 is 2.79 bits per heavy atom. The molecule has 0 spiro atoms. The first-order valence-corrected chi connectivity index (χ1v) is 6.36. The molecule has 0 aliphatic carbocycles. The fourth-order valence-corrected chi connectivity index (χ4v) is 2.73. The van der Waals surface area contributed by atoms with E-state index in [0.717, 1.165) is 18.8 Å². The number of nitrogen functional groups attached to an aromatic ring is 1. The third kappa shape index (κ3) is 2.06. The van der Waals surface area contributed by atoms with Gasteiger partial charge in [0.25, 0.3) is 0 Å². The van der Waals surface area contributed by atoms with E-state index < -0.39 is 0 Å². The lowest BCUT2D eigenvalue weighted by molar-refractivity contribution is 0.330. The molecule has 0 fully saturated rings. The molecule has 2 atom stereocenters. The van der Waals surface area contributed by atoms with Crippen LogP contribution in [0, 0.1) is 17.2 Å². The molecule has 3 rings (SSSR count). The third-order valence-electron chi connectivity index (χ3n) is 3.79. The van der Waals surface area contributed by atoms with Crippen molar-refractivity contribution < 1.29 is 0 Å². The van der Waals surface area contributed by atoms with Crippen molar-refractivity contribution in [1.82, 2.24) is 14.8 Å². The second kappa shape index (κ2) is 4.39. The molecule has 19 heavy (non-hydrogen) atoms. The summed E-state index contributed by atoms with van der Waals surface area (Å²) in [4.78, 5) is 4.24. The highest BCUT2D eigenvalue weighted by molar-refractivity contribution is 5.33. The average Bonchev–Trinajstić information content (AvgIpc) is 2.77. The summed E-state index contributed by atoms with van der Waals surface area (Å²) < 4.78 is 1.90. The predicted octanol–water partition coefficient (Wildman–Crippen LogP) is 1.71. The van der Waals surface area contributed by atoms with Crippen molar-refractivity contribution in [3.05, 3.63) is 41.2 Å². The van der Waals surface area contributed by atoms with Crippen LogP contribution in [0.15, 0.2) is 24.3 Å². The zero-order valence-electron chi connectivity index (χ0n) is 10.7. The standard InChI is InChI=1S/C14H15N5/c1-9-6-13-17-14(16)18-19(13)8-12(9)11-4-2-10(7-15)3-5-11/h2-5,9,12H,6,8H2,1H3,(H2,16,18). The van der Waals surface area contributed by atoms with Gasteiger partial charge in [-0.3, -0.25) is 0 Å². The summed E-state index contributed by atoms with van der Waals surface area (Å²) in [6, 6.07) is 9.95. The zero-order chi connectivity index (χ0) is 13.4. The maximum atomic E-state index is 8.84. The number of anilines is 1. The van der Waals surface area contributed by atoms with E-state index in [9.17, 15) is 0 Å². The molecule has 0 amide bonds. The maximum absolute atomic E-state index is 8.84. The largest absolute Gasteiger partial charge is 0.366 e. The van der Waals surface area contributed by atoms with Gasteiger partial charge in [-0.2, -0.15) is 10.2 Å². The van der Waals surface area contributed by atoms with E-state index in [1.54, 1.807) is 0 Å². The Balaban J connectivity index is 1.91. The van der Waals surface area contributed by atoms with Gasteiger partial charge >= 0.3 is 0 Å². The van der Waals surface area contributed by atoms with Gasteiger partial charge in [-0.05, 0) is 23.6 Å². The van der Waals surface area contributed by atoms with Crippen molar-refractivity contribution in [2.75, 3.05) is 5.73 Å². The summed E-state index contributed by atoms with van der Waals surface area (Å²) in [6.45, 7) is 3.02. The highest BCUT2D eigenvalue weighted by Gasteiger charge is 2.28. The van der Waals surface area contributed by atoms with Crippen LogP contribution in [-0.2, 0) is 13.0 Å². The lowest BCUT2D eigenvalue weighted by Crippen LogP contribution is -2.27. The number of nitrogens with two attached hydrogens (primary N) is 1. The van der Waals surface area contributed by atoms with Gasteiger partial charge in [0.05, 0.1) is 18.2 Å². The molecule has 5 heteroatoms. The fraction of sp³-hybridized carbons (Fsp3) is 0.357. The number of nitriles is 1. The first kappa shape index (κ1) is 11.7. The first-order chi connectivity index (χ1) is 9.17. The van der Waals surface area contributed by atoms with E-state index in [-0.39, 0.29) is 0 Å². The van der Waals surface area contributed by atoms with Crippen molar-refractivity contribution >= 4 is 5.95 Å². The first-order valence-electron chi connectivity index (χ1n) is 6.36. The van der Waals surface area contributed by atoms with Gasteiger partial charge in [0.2, 0.25) is 5.95 Å². The molecule has 5 nitrogen and oxygen atoms in total. The SMILES string of the molecule is CC1Cc2nc(N)nn2CC1c1ccc(C#N)cc1. The normalized spacial score (nSPS) is 21.7. The quantitative estimate of drug-likeness (QED) is 0.838. The van der Waals surface area contributed by atoms with E-state index in [2.05, 4.69) is 23.1 Å². The average molecular weight is 253 g/mol. The molecule has 1 aromatic heterocycles. The number of rotatable bonds is 1. The molecular formula is C14H15N5. The molecule has 2 heterocycles. The van der Waals surface area contributed by atoms with Crippen molar-refractivity contribution in [2.24, 2.45) is 5.92 Å². The molecule has 2 aromatic rings. The molecule has 2 N–H and O–H groups in total. The molecular weight excluding hydrogens is 238 g/mol. The number of nitrogens with zero attached hydrogens (tertiary/aromatic N) is 4. The minimum atomic E-state index is 0.350. The van der Waals surface area contributed by atoms with Crippen molar-refractivity contribution in [2.45, 2.75) is 25.8 Å². The van der Waals surface area contributed by atoms with Crippen LogP contribution in [0.4, 0.5) is 5.95 Å². The van der Waals surface area contributed by atoms with Gasteiger partial charge in [-0.15, -0.1) is 5.10 Å². The monoisotopic (exact) mass is 253 g/mol. The molecule has 0 bridgehead atoms. The Bertz CT molecular complexity index is 635. The predicted molar refractivity (Wildman–Crippen MR) is 71.2 cm³/mol. The van der Waals surface area contributed by atoms with Crippen LogP contribution in [-0.4, -0.2) is 14.8 Å². The van der Waals surface area contributed by atoms with Crippen molar-refractivity contribution in [1.29, 1.82) is 5.26 Å². The summed E-state index contributed by atoms with van der Waals surface area (Å²) in [5, 5.41) is 13.1. The van der Waals surface area contributed by atoms with Crippen molar-refractivity contribution in [3.63, 3.8) is 0 Å². The molecule has 0 saturated heterocycles. The molecule has 1 aliphatic rings. The van der Waals surface area contributed by atoms with Crippen LogP contribution in [0.2, 0.25) is 0 Å². The summed E-state index contributed by atoms with van der Waals surface area (Å²) in [6.07, 6.45) is 0.884. The Labute approximate surface area is 111 Å². The van der Waals surface area contributed by atoms with Gasteiger partial charge in [-0.1, -0.05) is 19.1 Å². The van der Waals surface area contributed by atoms with Crippen LogP contribution in [0.5, 0.6) is 0 Å². The van der Waals surface area contributed by atoms with E-state index in [1.165, 1.54) is 5.56 Å². The van der Waals surface area contributed by atoms with Gasteiger partial charge in [0, 0.05) is 12.3 Å². The van der Waals surface area contributed by atoms with E-state index in [0.29, 0.717) is 23.3 Å². The van der Waals surface area contributed by atoms with Crippen LogP contribution in [0.1, 0.15) is 29.8 Å². The molecule has 2 unspecified atom stereocenters. The lowest BCUT2D eigenvalue weighted by atomic mass is 9.82. The summed E-state index contributed by atoms with van der Waals surface area (Å²) in [5.74, 6) is 2.20. The smallest absolute Gasteiger partial charge is 0.239 e. The zero-order valence-corrected chi connectivity index (χ0v) is 10.7. The fourth-order valence-electron chi connectivity index (χ4n) is 2.73. The van der Waals surface area contributed by atoms with Crippen LogP contribution >= 0.6 is 0 Å². The Hall–Kier alpha value is -2.35. The van der Waals surface area contributed by atoms with Gasteiger partial charge < -0.3 is 5.73 Å². The Morgan fingerprint density at radius 1 is 1.37 bits per heavy atom. The molecule has 1 aliphatic heterocycles. The highest BCUT2D eigenvalue weighted by atomic mass is 15.4. The second-order valence-electron chi connectivity index (χ2n) is 5.09. The molecule has 0 radical (unpaired) electrons. The number of aromatic nitrogens is 3. The molecule has 96 valence electrons. The summed E-state index contributed by atoms with van der Waals surface area (Å²) in [7, 11) is 0. The third-order valence-corrected chi connectivity index (χ3v) is 3.79. The number of benzene rings is 1. The van der Waals surface area contributed by atoms with Crippen LogP contribution in [0.3, 0.4) is 0 Å². The lowest BCUT2D eigenvalue weighted by Gasteiger charge is -2.29. The van der Waals surface area contributed by atoms with E-state index >= 15 is 0 Å². The highest BCUT2D eigenvalue weighted by Crippen LogP contribution is 2.33. The maximum Gasteiger partial charge on any atom is 0.239 e. The second-order valence-corrected chi connectivity index (χ2v) is 5.09. The van der Waals surface area contributed by atoms with Crippen LogP contribution < -0.4 is 5.73 Å². The van der Waals surface area contributed by atoms with Crippen molar-refractivity contribution in [3.8, 4) is 6.07 Å². The number of hydrogen-bond donors (Lipinski definition) is 1. The summed E-state index contributed by atoms with van der Waals surface area (Å²) in [5.41, 5.74) is 7.58. The van der Waals surface area contributed by atoms with E-state index in [4.69, 9.17) is 11.0 Å². The minimum absolute atomic E-state index is 0.350. The molecule has 1 aromatic carbocycles. The summed E-state index contributed by atoms with van der Waals surface area (Å²) >= 11 is 0. The number of fused-ring (bicyclic) bond motifs is 1. The van der Waals surface area contributed by atoms with Gasteiger partial charge in [0.15, 0.2) is 0 Å². The van der Waals surface area contributed by atoms with Gasteiger partial charge in [-0.25, -0.2) is 4.68 Å². The minimum Gasteiger partial charge on any atom is -0.366 e. The molecule has 0 saturated carbocycles. The number of hydrogen-bond acceptors (Lipinski definition) is 4. The van der Waals surface area contributed by atoms with E-state index in [1.807, 2.05) is 28.9 Å². The Morgan fingerprint density at radius 2 is 2.11 bits per heavy atom. The Kier molecular flexibility index (Phi) is 2.71. The topological polar surface area (TPSA) is 80.5 Å².